The lowest BCUT2D eigenvalue weighted by atomic mass is 10.0. The van der Waals surface area contributed by atoms with Crippen LogP contribution in [0.3, 0.4) is 0 Å². The van der Waals surface area contributed by atoms with Crippen molar-refractivity contribution in [1.82, 2.24) is 9.47 Å². The van der Waals surface area contributed by atoms with Crippen molar-refractivity contribution in [3.8, 4) is 17.6 Å². The first-order valence-corrected chi connectivity index (χ1v) is 9.19. The lowest BCUT2D eigenvalue weighted by molar-refractivity contribution is 0.171. The van der Waals surface area contributed by atoms with Crippen molar-refractivity contribution in [1.29, 1.82) is 0 Å². The third kappa shape index (κ3) is 4.42. The molecule has 0 unspecified atom stereocenters. The maximum atomic E-state index is 14.4. The zero-order valence-electron chi connectivity index (χ0n) is 16.5. The fraction of sp³-hybridized carbons (Fsp3) is 0.364. The minimum atomic E-state index is -0.561. The normalized spacial score (nSPS) is 14.0. The molecular formula is C22H23FN2O3. The molecule has 6 heteroatoms. The first kappa shape index (κ1) is 19.7. The van der Waals surface area contributed by atoms with Crippen LogP contribution in [-0.4, -0.2) is 29.7 Å². The Morgan fingerprint density at radius 3 is 2.57 bits per heavy atom. The number of carbonyl (C=O) groups excluding carboxylic acids is 1. The van der Waals surface area contributed by atoms with Crippen LogP contribution < -0.4 is 10.3 Å². The van der Waals surface area contributed by atoms with Gasteiger partial charge in [-0.1, -0.05) is 17.9 Å². The summed E-state index contributed by atoms with van der Waals surface area (Å²) >= 11 is 0. The van der Waals surface area contributed by atoms with Crippen LogP contribution in [0, 0.1) is 30.5 Å². The number of ether oxygens (including phenoxy) is 1. The van der Waals surface area contributed by atoms with Crippen molar-refractivity contribution in [2.75, 3.05) is 14.1 Å². The summed E-state index contributed by atoms with van der Waals surface area (Å²) in [6.45, 7) is 3.57. The molecule has 1 fully saturated rings. The number of hydrogen-bond donors (Lipinski definition) is 0. The SMILES string of the molecule is Cc1cc(OC(=O)N(C)C)cc(=O)n1[C@H](C)c1ccc(C#CC2CC2)c(F)c1. The number of pyridine rings is 1. The van der Waals surface area contributed by atoms with E-state index in [2.05, 4.69) is 11.8 Å². The topological polar surface area (TPSA) is 51.5 Å². The Morgan fingerprint density at radius 2 is 2.00 bits per heavy atom. The Labute approximate surface area is 163 Å². The van der Waals surface area contributed by atoms with Gasteiger partial charge in [-0.15, -0.1) is 0 Å². The number of aryl methyl sites for hydroxylation is 1. The van der Waals surface area contributed by atoms with Gasteiger partial charge in [0.05, 0.1) is 11.6 Å². The smallest absolute Gasteiger partial charge is 0.410 e. The van der Waals surface area contributed by atoms with E-state index in [0.717, 1.165) is 12.8 Å². The zero-order chi connectivity index (χ0) is 20.4. The molecule has 3 rings (SSSR count). The van der Waals surface area contributed by atoms with E-state index < -0.39 is 6.09 Å². The minimum Gasteiger partial charge on any atom is -0.410 e. The maximum Gasteiger partial charge on any atom is 0.414 e. The van der Waals surface area contributed by atoms with Crippen molar-refractivity contribution in [3.63, 3.8) is 0 Å². The van der Waals surface area contributed by atoms with Crippen LogP contribution in [0.15, 0.2) is 35.1 Å². The molecule has 1 aromatic carbocycles. The molecule has 0 saturated heterocycles. The number of hydrogen-bond acceptors (Lipinski definition) is 3. The molecule has 1 aliphatic carbocycles. The Hall–Kier alpha value is -3.07. The van der Waals surface area contributed by atoms with Crippen LogP contribution in [0.2, 0.25) is 0 Å². The summed E-state index contributed by atoms with van der Waals surface area (Å²) in [4.78, 5) is 25.6. The molecular weight excluding hydrogens is 359 g/mol. The van der Waals surface area contributed by atoms with Gasteiger partial charge in [-0.05, 0) is 44.4 Å². The van der Waals surface area contributed by atoms with E-state index in [1.807, 2.05) is 6.92 Å². The van der Waals surface area contributed by atoms with Gasteiger partial charge in [0.2, 0.25) is 0 Å². The fourth-order valence-electron chi connectivity index (χ4n) is 2.88. The summed E-state index contributed by atoms with van der Waals surface area (Å²) in [7, 11) is 3.12. The summed E-state index contributed by atoms with van der Waals surface area (Å²) in [6.07, 6.45) is 1.62. The van der Waals surface area contributed by atoms with Crippen molar-refractivity contribution in [3.05, 3.63) is 63.3 Å². The van der Waals surface area contributed by atoms with E-state index >= 15 is 0 Å². The van der Waals surface area contributed by atoms with Crippen molar-refractivity contribution in [2.45, 2.75) is 32.7 Å². The number of nitrogens with zero attached hydrogens (tertiary/aromatic N) is 2. The molecule has 5 nitrogen and oxygen atoms in total. The molecule has 2 aromatic rings. The van der Waals surface area contributed by atoms with Crippen LogP contribution in [0.1, 0.15) is 42.6 Å². The Kier molecular flexibility index (Phi) is 5.55. The molecule has 1 aliphatic rings. The zero-order valence-corrected chi connectivity index (χ0v) is 16.5. The average molecular weight is 382 g/mol. The quantitative estimate of drug-likeness (QED) is 0.760. The maximum absolute atomic E-state index is 14.4. The predicted molar refractivity (Wildman–Crippen MR) is 105 cm³/mol. The summed E-state index contributed by atoms with van der Waals surface area (Å²) in [5, 5.41) is 0. The number of aromatic nitrogens is 1. The van der Waals surface area contributed by atoms with Gasteiger partial charge >= 0.3 is 6.09 Å². The highest BCUT2D eigenvalue weighted by molar-refractivity contribution is 5.69. The van der Waals surface area contributed by atoms with E-state index in [1.165, 1.54) is 21.6 Å². The van der Waals surface area contributed by atoms with Crippen LogP contribution in [0.25, 0.3) is 0 Å². The van der Waals surface area contributed by atoms with E-state index in [-0.39, 0.29) is 23.2 Å². The molecule has 1 saturated carbocycles. The standard InChI is InChI=1S/C22H23FN2O3/c1-14-11-19(28-22(27)24(3)4)13-21(26)25(14)15(2)18-10-9-17(20(23)12-18)8-7-16-5-6-16/h9-13,15-16H,5-6H2,1-4H3/t15-/m1/s1. The molecule has 1 amide bonds. The largest absolute Gasteiger partial charge is 0.414 e. The first-order chi connectivity index (χ1) is 13.3. The van der Waals surface area contributed by atoms with Crippen molar-refractivity contribution in [2.24, 2.45) is 5.92 Å². The van der Waals surface area contributed by atoms with E-state index in [1.54, 1.807) is 39.2 Å². The molecule has 0 spiro atoms. The van der Waals surface area contributed by atoms with Gasteiger partial charge in [0.25, 0.3) is 5.56 Å². The van der Waals surface area contributed by atoms with Crippen LogP contribution >= 0.6 is 0 Å². The molecule has 0 N–H and O–H groups in total. The van der Waals surface area contributed by atoms with Crippen LogP contribution in [0.4, 0.5) is 9.18 Å². The lowest BCUT2D eigenvalue weighted by Crippen LogP contribution is -2.28. The van der Waals surface area contributed by atoms with Gasteiger partial charge in [-0.2, -0.15) is 0 Å². The number of carbonyl (C=O) groups is 1. The summed E-state index contributed by atoms with van der Waals surface area (Å²) in [6, 6.07) is 7.36. The van der Waals surface area contributed by atoms with Gasteiger partial charge in [0, 0.05) is 37.8 Å². The third-order valence-electron chi connectivity index (χ3n) is 4.66. The Morgan fingerprint density at radius 1 is 1.29 bits per heavy atom. The van der Waals surface area contributed by atoms with Crippen molar-refractivity contribution >= 4 is 6.09 Å². The highest BCUT2D eigenvalue weighted by Crippen LogP contribution is 2.28. The average Bonchev–Trinajstić information content (AvgIpc) is 3.44. The fourth-order valence-corrected chi connectivity index (χ4v) is 2.88. The monoisotopic (exact) mass is 382 g/mol. The van der Waals surface area contributed by atoms with Crippen molar-refractivity contribution < 1.29 is 13.9 Å². The molecule has 1 heterocycles. The highest BCUT2D eigenvalue weighted by atomic mass is 19.1. The number of halogens is 1. The van der Waals surface area contributed by atoms with Crippen LogP contribution in [0.5, 0.6) is 5.75 Å². The predicted octanol–water partition coefficient (Wildman–Crippen LogP) is 3.73. The lowest BCUT2D eigenvalue weighted by Gasteiger charge is -2.20. The van der Waals surface area contributed by atoms with Gasteiger partial charge in [-0.25, -0.2) is 9.18 Å². The number of rotatable bonds is 3. The molecule has 1 aromatic heterocycles. The minimum absolute atomic E-state index is 0.182. The van der Waals surface area contributed by atoms with E-state index in [0.29, 0.717) is 22.7 Å². The third-order valence-corrected chi connectivity index (χ3v) is 4.66. The number of amides is 1. The van der Waals surface area contributed by atoms with Crippen LogP contribution in [-0.2, 0) is 0 Å². The second-order valence-electron chi connectivity index (χ2n) is 7.26. The van der Waals surface area contributed by atoms with Gasteiger partial charge in [-0.3, -0.25) is 4.79 Å². The Balaban J connectivity index is 1.87. The van der Waals surface area contributed by atoms with E-state index in [9.17, 15) is 14.0 Å². The molecule has 0 radical (unpaired) electrons. The summed E-state index contributed by atoms with van der Waals surface area (Å²) in [5.41, 5.74) is 1.32. The highest BCUT2D eigenvalue weighted by Gasteiger charge is 2.19. The second kappa shape index (κ2) is 7.89. The molecule has 1 atom stereocenters. The van der Waals surface area contributed by atoms with E-state index in [4.69, 9.17) is 4.74 Å². The Bertz CT molecular complexity index is 1030. The summed E-state index contributed by atoms with van der Waals surface area (Å²) in [5.74, 6) is 6.14. The van der Waals surface area contributed by atoms with Gasteiger partial charge < -0.3 is 14.2 Å². The number of benzene rings is 1. The molecule has 0 aliphatic heterocycles. The van der Waals surface area contributed by atoms with Gasteiger partial charge in [0.15, 0.2) is 0 Å². The molecule has 0 bridgehead atoms. The van der Waals surface area contributed by atoms with Gasteiger partial charge in [0.1, 0.15) is 11.6 Å². The molecule has 28 heavy (non-hydrogen) atoms. The summed E-state index contributed by atoms with van der Waals surface area (Å²) < 4.78 is 21.1. The molecule has 146 valence electrons. The second-order valence-corrected chi connectivity index (χ2v) is 7.26. The first-order valence-electron chi connectivity index (χ1n) is 9.19.